The molecule has 0 fully saturated rings. The Hall–Kier alpha value is -2.54. The van der Waals surface area contributed by atoms with Crippen LogP contribution in [0.2, 0.25) is 5.02 Å². The number of aromatic nitrogens is 2. The van der Waals surface area contributed by atoms with Crippen LogP contribution in [0.3, 0.4) is 0 Å². The van der Waals surface area contributed by atoms with Crippen LogP contribution in [-0.2, 0) is 0 Å². The third kappa shape index (κ3) is 3.96. The van der Waals surface area contributed by atoms with Crippen LogP contribution in [-0.4, -0.2) is 21.1 Å². The van der Waals surface area contributed by atoms with E-state index in [0.717, 1.165) is 11.4 Å². The van der Waals surface area contributed by atoms with Crippen LogP contribution in [0.4, 0.5) is 11.6 Å². The molecule has 1 N–H and O–H groups in total. The molecule has 0 aliphatic heterocycles. The lowest BCUT2D eigenvalue weighted by Crippen LogP contribution is -2.00. The van der Waals surface area contributed by atoms with Gasteiger partial charge in [0.05, 0.1) is 11.1 Å². The third-order valence-electron chi connectivity index (χ3n) is 2.54. The zero-order chi connectivity index (χ0) is 15.4. The maximum absolute atomic E-state index is 10.7. The van der Waals surface area contributed by atoms with Crippen molar-refractivity contribution in [2.75, 3.05) is 5.43 Å². The first-order valence-electron chi connectivity index (χ1n) is 6.01. The summed E-state index contributed by atoms with van der Waals surface area (Å²) in [7, 11) is 0. The van der Waals surface area contributed by atoms with Crippen molar-refractivity contribution in [1.82, 2.24) is 9.97 Å². The summed E-state index contributed by atoms with van der Waals surface area (Å²) in [4.78, 5) is 18.5. The summed E-state index contributed by atoms with van der Waals surface area (Å²) in [5, 5.41) is 15.0. The van der Waals surface area contributed by atoms with E-state index in [1.807, 2.05) is 19.9 Å². The molecule has 0 spiro atoms. The molecule has 21 heavy (non-hydrogen) atoms. The van der Waals surface area contributed by atoms with Crippen molar-refractivity contribution in [3.63, 3.8) is 0 Å². The van der Waals surface area contributed by atoms with Crippen molar-refractivity contribution >= 4 is 29.5 Å². The lowest BCUT2D eigenvalue weighted by molar-refractivity contribution is -0.384. The van der Waals surface area contributed by atoms with Gasteiger partial charge in [-0.15, -0.1) is 0 Å². The maximum Gasteiger partial charge on any atom is 0.270 e. The molecule has 0 atom stereocenters. The molecule has 8 heteroatoms. The smallest absolute Gasteiger partial charge is 0.258 e. The molecule has 1 aromatic carbocycles. The van der Waals surface area contributed by atoms with Gasteiger partial charge in [0.25, 0.3) is 5.69 Å². The summed E-state index contributed by atoms with van der Waals surface area (Å²) in [6.45, 7) is 3.70. The predicted molar refractivity (Wildman–Crippen MR) is 80.8 cm³/mol. The molecule has 2 aromatic rings. The van der Waals surface area contributed by atoms with E-state index < -0.39 is 4.92 Å². The molecule has 0 saturated heterocycles. The van der Waals surface area contributed by atoms with Gasteiger partial charge in [-0.25, -0.2) is 15.4 Å². The van der Waals surface area contributed by atoms with E-state index in [2.05, 4.69) is 20.5 Å². The first-order valence-corrected chi connectivity index (χ1v) is 6.39. The second-order valence-corrected chi connectivity index (χ2v) is 4.71. The fourth-order valence-corrected chi connectivity index (χ4v) is 1.85. The van der Waals surface area contributed by atoms with E-state index in [0.29, 0.717) is 16.5 Å². The normalized spacial score (nSPS) is 10.8. The van der Waals surface area contributed by atoms with Crippen molar-refractivity contribution in [3.05, 3.63) is 56.4 Å². The van der Waals surface area contributed by atoms with E-state index in [9.17, 15) is 10.1 Å². The molecule has 0 amide bonds. The quantitative estimate of drug-likeness (QED) is 0.532. The van der Waals surface area contributed by atoms with E-state index >= 15 is 0 Å². The zero-order valence-corrected chi connectivity index (χ0v) is 12.1. The summed E-state index contributed by atoms with van der Waals surface area (Å²) < 4.78 is 0. The van der Waals surface area contributed by atoms with Gasteiger partial charge in [-0.2, -0.15) is 5.10 Å². The number of aryl methyl sites for hydroxylation is 2. The first kappa shape index (κ1) is 14.9. The van der Waals surface area contributed by atoms with Gasteiger partial charge >= 0.3 is 0 Å². The van der Waals surface area contributed by atoms with E-state index in [4.69, 9.17) is 11.6 Å². The van der Waals surface area contributed by atoms with Crippen LogP contribution < -0.4 is 5.43 Å². The van der Waals surface area contributed by atoms with E-state index in [1.54, 1.807) is 0 Å². The van der Waals surface area contributed by atoms with Crippen LogP contribution in [0.1, 0.15) is 17.0 Å². The highest BCUT2D eigenvalue weighted by atomic mass is 35.5. The Bertz CT molecular complexity index is 697. The fraction of sp³-hybridized carbons (Fsp3) is 0.154. The van der Waals surface area contributed by atoms with Crippen LogP contribution in [0.5, 0.6) is 0 Å². The highest BCUT2D eigenvalue weighted by Gasteiger charge is 2.08. The van der Waals surface area contributed by atoms with Crippen molar-refractivity contribution in [1.29, 1.82) is 0 Å². The van der Waals surface area contributed by atoms with Gasteiger partial charge in [0.1, 0.15) is 0 Å². The minimum Gasteiger partial charge on any atom is -0.258 e. The number of non-ortho nitro benzene ring substituents is 1. The SMILES string of the molecule is Cc1cc(C)nc(N/N=C\c2cc([N+](=O)[O-])ccc2Cl)n1. The summed E-state index contributed by atoms with van der Waals surface area (Å²) in [6, 6.07) is 5.97. The number of hydrazone groups is 1. The minimum atomic E-state index is -0.492. The topological polar surface area (TPSA) is 93.3 Å². The highest BCUT2D eigenvalue weighted by molar-refractivity contribution is 6.33. The van der Waals surface area contributed by atoms with Crippen molar-refractivity contribution in [2.45, 2.75) is 13.8 Å². The lowest BCUT2D eigenvalue weighted by atomic mass is 10.2. The molecular formula is C13H12ClN5O2. The molecule has 0 bridgehead atoms. The summed E-state index contributed by atoms with van der Waals surface area (Å²) in [5.74, 6) is 0.352. The number of halogens is 1. The third-order valence-corrected chi connectivity index (χ3v) is 2.89. The molecule has 0 aliphatic carbocycles. The molecule has 0 aliphatic rings. The van der Waals surface area contributed by atoms with Gasteiger partial charge in [-0.1, -0.05) is 11.6 Å². The van der Waals surface area contributed by atoms with Crippen LogP contribution in [0.15, 0.2) is 29.4 Å². The second-order valence-electron chi connectivity index (χ2n) is 4.31. The highest BCUT2D eigenvalue weighted by Crippen LogP contribution is 2.20. The Balaban J connectivity index is 2.17. The molecule has 1 aromatic heterocycles. The molecule has 1 heterocycles. The van der Waals surface area contributed by atoms with Crippen molar-refractivity contribution < 1.29 is 4.92 Å². The Labute approximate surface area is 125 Å². The van der Waals surface area contributed by atoms with Crippen LogP contribution in [0.25, 0.3) is 0 Å². The maximum atomic E-state index is 10.7. The molecular weight excluding hydrogens is 294 g/mol. The van der Waals surface area contributed by atoms with Gasteiger partial charge < -0.3 is 0 Å². The summed E-state index contributed by atoms with van der Waals surface area (Å²) in [6.07, 6.45) is 1.39. The monoisotopic (exact) mass is 305 g/mol. The van der Waals surface area contributed by atoms with Gasteiger partial charge in [0, 0.05) is 34.1 Å². The largest absolute Gasteiger partial charge is 0.270 e. The Morgan fingerprint density at radius 1 is 1.29 bits per heavy atom. The van der Waals surface area contributed by atoms with Crippen molar-refractivity contribution in [2.24, 2.45) is 5.10 Å². The Morgan fingerprint density at radius 3 is 2.57 bits per heavy atom. The number of hydrogen-bond acceptors (Lipinski definition) is 6. The van der Waals surface area contributed by atoms with Gasteiger partial charge in [-0.05, 0) is 26.0 Å². The Kier molecular flexibility index (Phi) is 4.44. The molecule has 7 nitrogen and oxygen atoms in total. The molecule has 0 radical (unpaired) electrons. The number of nitro groups is 1. The van der Waals surface area contributed by atoms with Crippen molar-refractivity contribution in [3.8, 4) is 0 Å². The fourth-order valence-electron chi connectivity index (χ4n) is 1.68. The molecule has 2 rings (SSSR count). The minimum absolute atomic E-state index is 0.0523. The average Bonchev–Trinajstić information content (AvgIpc) is 2.39. The van der Waals surface area contributed by atoms with E-state index in [1.165, 1.54) is 24.4 Å². The summed E-state index contributed by atoms with van der Waals surface area (Å²) in [5.41, 5.74) is 4.68. The first-order chi connectivity index (χ1) is 9.95. The lowest BCUT2D eigenvalue weighted by Gasteiger charge is -2.02. The van der Waals surface area contributed by atoms with Gasteiger partial charge in [0.15, 0.2) is 0 Å². The number of benzene rings is 1. The number of anilines is 1. The molecule has 0 saturated carbocycles. The number of rotatable bonds is 4. The second kappa shape index (κ2) is 6.27. The van der Waals surface area contributed by atoms with E-state index in [-0.39, 0.29) is 5.69 Å². The Morgan fingerprint density at radius 2 is 1.95 bits per heavy atom. The number of hydrogen-bond donors (Lipinski definition) is 1. The molecule has 0 unspecified atom stereocenters. The van der Waals surface area contributed by atoms with Gasteiger partial charge in [0.2, 0.25) is 5.95 Å². The van der Waals surface area contributed by atoms with Crippen LogP contribution in [0, 0.1) is 24.0 Å². The predicted octanol–water partition coefficient (Wildman–Crippen LogP) is 3.10. The number of nitro benzene ring substituents is 1. The average molecular weight is 306 g/mol. The summed E-state index contributed by atoms with van der Waals surface area (Å²) >= 11 is 5.96. The standard InChI is InChI=1S/C13H12ClN5O2/c1-8-5-9(2)17-13(16-8)18-15-7-10-6-11(19(20)21)3-4-12(10)14/h3-7H,1-2H3,(H,16,17,18)/b15-7-. The number of nitrogens with one attached hydrogen (secondary N) is 1. The van der Waals surface area contributed by atoms with Gasteiger partial charge in [-0.3, -0.25) is 10.1 Å². The molecule has 108 valence electrons. The number of nitrogens with zero attached hydrogens (tertiary/aromatic N) is 4. The van der Waals surface area contributed by atoms with Crippen LogP contribution >= 0.6 is 11.6 Å². The zero-order valence-electron chi connectivity index (χ0n) is 11.4.